The van der Waals surface area contributed by atoms with Crippen molar-refractivity contribution < 1.29 is 4.79 Å². The van der Waals surface area contributed by atoms with Crippen molar-refractivity contribution in [2.24, 2.45) is 5.92 Å². The Labute approximate surface area is 204 Å². The number of amides is 1. The van der Waals surface area contributed by atoms with Gasteiger partial charge in [0, 0.05) is 37.0 Å². The van der Waals surface area contributed by atoms with Crippen LogP contribution in [0.3, 0.4) is 0 Å². The first-order valence-corrected chi connectivity index (χ1v) is 13.2. The minimum absolute atomic E-state index is 0.0138. The van der Waals surface area contributed by atoms with E-state index in [2.05, 4.69) is 25.7 Å². The van der Waals surface area contributed by atoms with Crippen LogP contribution in [0.5, 0.6) is 0 Å². The van der Waals surface area contributed by atoms with E-state index < -0.39 is 5.38 Å². The highest BCUT2D eigenvalue weighted by Gasteiger charge is 2.31. The molecule has 1 saturated heterocycles. The third-order valence-electron chi connectivity index (χ3n) is 6.87. The number of alkyl halides is 1. The van der Waals surface area contributed by atoms with Crippen molar-refractivity contribution in [2.75, 3.05) is 31.1 Å². The number of nitrogens with zero attached hydrogens (tertiary/aromatic N) is 4. The van der Waals surface area contributed by atoms with E-state index in [9.17, 15) is 4.79 Å². The summed E-state index contributed by atoms with van der Waals surface area (Å²) in [4.78, 5) is 29.9. The van der Waals surface area contributed by atoms with Crippen LogP contribution in [0.1, 0.15) is 60.3 Å². The average molecular weight is 483 g/mol. The number of thiophene rings is 1. The van der Waals surface area contributed by atoms with Gasteiger partial charge in [-0.1, -0.05) is 51.1 Å². The predicted octanol–water partition coefficient (Wildman–Crippen LogP) is 5.57. The van der Waals surface area contributed by atoms with Gasteiger partial charge in [-0.05, 0) is 36.3 Å². The highest BCUT2D eigenvalue weighted by molar-refractivity contribution is 7.19. The number of aromatic nitrogens is 2. The maximum absolute atomic E-state index is 13.0. The first kappa shape index (κ1) is 22.6. The van der Waals surface area contributed by atoms with Crippen LogP contribution in [0.15, 0.2) is 30.3 Å². The second kappa shape index (κ2) is 9.22. The lowest BCUT2D eigenvalue weighted by Crippen LogP contribution is -2.50. The summed E-state index contributed by atoms with van der Waals surface area (Å²) in [5.41, 5.74) is 2.31. The van der Waals surface area contributed by atoms with Crippen molar-refractivity contribution in [2.45, 2.75) is 51.3 Å². The van der Waals surface area contributed by atoms with E-state index in [1.165, 1.54) is 22.2 Å². The van der Waals surface area contributed by atoms with E-state index >= 15 is 0 Å². The summed E-state index contributed by atoms with van der Waals surface area (Å²) in [5.74, 6) is 2.96. The monoisotopic (exact) mass is 482 g/mol. The summed E-state index contributed by atoms with van der Waals surface area (Å²) >= 11 is 8.39. The Morgan fingerprint density at radius 1 is 1.12 bits per heavy atom. The lowest BCUT2D eigenvalue weighted by molar-refractivity contribution is -0.131. The molecule has 0 unspecified atom stereocenters. The first-order valence-electron chi connectivity index (χ1n) is 12.0. The second-order valence-corrected chi connectivity index (χ2v) is 11.2. The van der Waals surface area contributed by atoms with Crippen molar-refractivity contribution in [3.8, 4) is 0 Å². The molecule has 0 radical (unpaired) electrons. The van der Waals surface area contributed by atoms with E-state index in [-0.39, 0.29) is 11.8 Å². The Morgan fingerprint density at radius 3 is 2.55 bits per heavy atom. The van der Waals surface area contributed by atoms with Gasteiger partial charge in [-0.3, -0.25) is 4.79 Å². The number of piperazine rings is 1. The molecule has 3 heterocycles. The summed E-state index contributed by atoms with van der Waals surface area (Å²) in [6.45, 7) is 9.48. The van der Waals surface area contributed by atoms with Crippen molar-refractivity contribution in [3.05, 3.63) is 52.2 Å². The number of carbonyl (C=O) groups is 1. The average Bonchev–Trinajstić information content (AvgIpc) is 3.20. The third-order valence-corrected chi connectivity index (χ3v) is 8.46. The molecule has 1 fully saturated rings. The quantitative estimate of drug-likeness (QED) is 0.456. The highest BCUT2D eigenvalue weighted by Crippen LogP contribution is 2.41. The van der Waals surface area contributed by atoms with E-state index in [4.69, 9.17) is 21.6 Å². The Hall–Kier alpha value is -2.18. The zero-order chi connectivity index (χ0) is 23.1. The van der Waals surface area contributed by atoms with Crippen LogP contribution in [0, 0.1) is 5.92 Å². The van der Waals surface area contributed by atoms with E-state index in [0.717, 1.165) is 53.9 Å². The molecule has 7 heteroatoms. The summed E-state index contributed by atoms with van der Waals surface area (Å²) in [5, 5.41) is 0.618. The molecule has 33 heavy (non-hydrogen) atoms. The van der Waals surface area contributed by atoms with Gasteiger partial charge in [0.2, 0.25) is 5.91 Å². The van der Waals surface area contributed by atoms with Crippen LogP contribution in [0.4, 0.5) is 5.82 Å². The lowest BCUT2D eigenvalue weighted by atomic mass is 9.89. The van der Waals surface area contributed by atoms with Gasteiger partial charge < -0.3 is 9.80 Å². The van der Waals surface area contributed by atoms with Gasteiger partial charge in [0.15, 0.2) is 0 Å². The van der Waals surface area contributed by atoms with Gasteiger partial charge in [0.05, 0.1) is 5.39 Å². The van der Waals surface area contributed by atoms with E-state index in [0.29, 0.717) is 13.1 Å². The molecule has 174 valence electrons. The number of anilines is 1. The van der Waals surface area contributed by atoms with Gasteiger partial charge in [-0.25, -0.2) is 9.97 Å². The molecule has 1 aliphatic heterocycles. The van der Waals surface area contributed by atoms with Crippen LogP contribution >= 0.6 is 22.9 Å². The van der Waals surface area contributed by atoms with E-state index in [1.54, 1.807) is 0 Å². The van der Waals surface area contributed by atoms with Gasteiger partial charge in [0.25, 0.3) is 0 Å². The molecule has 1 aliphatic carbocycles. The largest absolute Gasteiger partial charge is 0.352 e. The molecular formula is C26H31ClN4OS. The minimum Gasteiger partial charge on any atom is -0.352 e. The van der Waals surface area contributed by atoms with Crippen LogP contribution in [0.2, 0.25) is 0 Å². The minimum atomic E-state index is -0.637. The standard InChI is InChI=1S/C26H31ClN4OS/c1-16(2)23-28-24(21-19-10-9-17(3)15-20(19)33-25(21)29-23)30-11-13-31(14-12-30)26(32)22(27)18-7-5-4-6-8-18/h4-8,16-17,22H,9-15H2,1-3H3/t17-,22-/m1/s1. The number of hydrogen-bond donors (Lipinski definition) is 0. The summed E-state index contributed by atoms with van der Waals surface area (Å²) in [6, 6.07) is 9.61. The van der Waals surface area contributed by atoms with Crippen molar-refractivity contribution in [1.29, 1.82) is 0 Å². The van der Waals surface area contributed by atoms with Crippen LogP contribution < -0.4 is 4.90 Å². The fraction of sp³-hybridized carbons (Fsp3) is 0.500. The summed E-state index contributed by atoms with van der Waals surface area (Å²) in [6.07, 6.45) is 3.48. The van der Waals surface area contributed by atoms with Gasteiger partial charge in [0.1, 0.15) is 21.8 Å². The first-order chi connectivity index (χ1) is 15.9. The maximum Gasteiger partial charge on any atom is 0.245 e. The Morgan fingerprint density at radius 2 is 1.85 bits per heavy atom. The fourth-order valence-corrected chi connectivity index (χ4v) is 6.56. The number of aryl methyl sites for hydroxylation is 1. The molecule has 0 saturated carbocycles. The normalized spacial score (nSPS) is 19.7. The molecule has 2 aromatic heterocycles. The summed E-state index contributed by atoms with van der Waals surface area (Å²) < 4.78 is 0. The van der Waals surface area contributed by atoms with Crippen molar-refractivity contribution >= 4 is 44.9 Å². The van der Waals surface area contributed by atoms with Crippen molar-refractivity contribution in [1.82, 2.24) is 14.9 Å². The Balaban J connectivity index is 1.40. The molecule has 0 N–H and O–H groups in total. The highest BCUT2D eigenvalue weighted by atomic mass is 35.5. The Bertz CT molecular complexity index is 1150. The molecule has 1 amide bonds. The molecule has 2 aliphatic rings. The Kier molecular flexibility index (Phi) is 6.32. The number of hydrogen-bond acceptors (Lipinski definition) is 5. The fourth-order valence-electron chi connectivity index (χ4n) is 4.89. The number of halogens is 1. The number of fused-ring (bicyclic) bond motifs is 3. The topological polar surface area (TPSA) is 49.3 Å². The second-order valence-electron chi connectivity index (χ2n) is 9.68. The maximum atomic E-state index is 13.0. The van der Waals surface area contributed by atoms with Gasteiger partial charge in [-0.15, -0.1) is 22.9 Å². The van der Waals surface area contributed by atoms with Crippen LogP contribution in [0.25, 0.3) is 10.2 Å². The van der Waals surface area contributed by atoms with Crippen molar-refractivity contribution in [3.63, 3.8) is 0 Å². The van der Waals surface area contributed by atoms with Crippen LogP contribution in [-0.4, -0.2) is 47.0 Å². The molecule has 3 aromatic rings. The molecule has 0 spiro atoms. The smallest absolute Gasteiger partial charge is 0.245 e. The zero-order valence-electron chi connectivity index (χ0n) is 19.6. The molecule has 0 bridgehead atoms. The van der Waals surface area contributed by atoms with Gasteiger partial charge >= 0.3 is 0 Å². The zero-order valence-corrected chi connectivity index (χ0v) is 21.1. The third kappa shape index (κ3) is 4.35. The predicted molar refractivity (Wildman–Crippen MR) is 137 cm³/mol. The lowest BCUT2D eigenvalue weighted by Gasteiger charge is -2.37. The number of benzene rings is 1. The SMILES string of the molecule is CC(C)c1nc(N2CCN(C(=O)[C@H](Cl)c3ccccc3)CC2)c2c3c(sc2n1)C[C@H](C)CC3. The molecular weight excluding hydrogens is 452 g/mol. The molecule has 1 aromatic carbocycles. The summed E-state index contributed by atoms with van der Waals surface area (Å²) in [7, 11) is 0. The molecule has 2 atom stereocenters. The number of carbonyl (C=O) groups excluding carboxylic acids is 1. The van der Waals surface area contributed by atoms with Gasteiger partial charge in [-0.2, -0.15) is 0 Å². The van der Waals surface area contributed by atoms with E-state index in [1.807, 2.05) is 46.6 Å². The molecule has 5 rings (SSSR count). The number of rotatable bonds is 4. The van der Waals surface area contributed by atoms with Crippen LogP contribution in [-0.2, 0) is 17.6 Å². The molecule has 5 nitrogen and oxygen atoms in total.